The first-order valence-corrected chi connectivity index (χ1v) is 7.15. The fraction of sp³-hybridized carbons (Fsp3) is 0.235. The minimum Gasteiger partial charge on any atom is -0.425 e. The second-order valence-corrected chi connectivity index (χ2v) is 6.20. The number of hydrogen-bond donors (Lipinski definition) is 0. The van der Waals surface area contributed by atoms with Crippen molar-refractivity contribution in [2.75, 3.05) is 0 Å². The quantitative estimate of drug-likeness (QED) is 0.489. The van der Waals surface area contributed by atoms with Gasteiger partial charge in [0.05, 0.1) is 16.0 Å². The minimum absolute atomic E-state index is 0.139. The van der Waals surface area contributed by atoms with Crippen molar-refractivity contribution < 1.29 is 14.3 Å². The van der Waals surface area contributed by atoms with Crippen LogP contribution in [-0.4, -0.2) is 16.7 Å². The van der Waals surface area contributed by atoms with Crippen LogP contribution < -0.4 is 4.74 Å². The molecule has 0 aliphatic rings. The molecule has 0 aliphatic carbocycles. The minimum atomic E-state index is -0.687. The average molecular weight is 318 g/mol. The number of benzene rings is 1. The number of ether oxygens (including phenoxy) is 1. The topological polar surface area (TPSA) is 56.3 Å². The highest BCUT2D eigenvalue weighted by Crippen LogP contribution is 2.30. The Morgan fingerprint density at radius 1 is 1.09 bits per heavy atom. The van der Waals surface area contributed by atoms with E-state index >= 15 is 0 Å². The molecule has 0 fully saturated rings. The van der Waals surface area contributed by atoms with Crippen LogP contribution in [-0.2, 0) is 4.79 Å². The van der Waals surface area contributed by atoms with Gasteiger partial charge in [-0.25, -0.2) is 0 Å². The molecule has 0 atom stereocenters. The first kappa shape index (κ1) is 16.2. The Bertz CT molecular complexity index is 706. The van der Waals surface area contributed by atoms with Crippen LogP contribution >= 0.6 is 11.6 Å². The van der Waals surface area contributed by atoms with Crippen molar-refractivity contribution in [1.29, 1.82) is 0 Å². The molecule has 0 spiro atoms. The van der Waals surface area contributed by atoms with Crippen molar-refractivity contribution in [1.82, 2.24) is 4.98 Å². The van der Waals surface area contributed by atoms with Crippen LogP contribution in [0.5, 0.6) is 5.75 Å². The Kier molecular flexibility index (Phi) is 4.62. The van der Waals surface area contributed by atoms with Crippen molar-refractivity contribution >= 4 is 23.4 Å². The summed E-state index contributed by atoms with van der Waals surface area (Å²) in [6.07, 6.45) is 1.52. The number of ketones is 1. The summed E-state index contributed by atoms with van der Waals surface area (Å²) in [5.74, 6) is -0.684. The third-order valence-corrected chi connectivity index (χ3v) is 3.23. The fourth-order valence-electron chi connectivity index (χ4n) is 1.69. The lowest BCUT2D eigenvalue weighted by Gasteiger charge is -2.18. The molecule has 22 heavy (non-hydrogen) atoms. The number of nitrogens with zero attached hydrogens (tertiary/aromatic N) is 1. The van der Waals surface area contributed by atoms with Crippen LogP contribution in [0.3, 0.4) is 0 Å². The lowest BCUT2D eigenvalue weighted by molar-refractivity contribution is -0.143. The van der Waals surface area contributed by atoms with E-state index in [0.717, 1.165) is 0 Å². The Labute approximate surface area is 134 Å². The maximum Gasteiger partial charge on any atom is 0.316 e. The van der Waals surface area contributed by atoms with E-state index in [1.54, 1.807) is 57.2 Å². The first-order chi connectivity index (χ1) is 10.3. The molecule has 1 aromatic carbocycles. The molecule has 0 amide bonds. The van der Waals surface area contributed by atoms with Gasteiger partial charge in [-0.15, -0.1) is 0 Å². The number of carbonyl (C=O) groups excluding carboxylic acids is 2. The molecule has 0 saturated heterocycles. The number of esters is 1. The van der Waals surface area contributed by atoms with Gasteiger partial charge in [-0.1, -0.05) is 23.7 Å². The smallest absolute Gasteiger partial charge is 0.316 e. The van der Waals surface area contributed by atoms with E-state index in [1.807, 2.05) is 0 Å². The molecule has 0 bridgehead atoms. The van der Waals surface area contributed by atoms with Crippen molar-refractivity contribution in [2.24, 2.45) is 5.41 Å². The van der Waals surface area contributed by atoms with E-state index < -0.39 is 11.4 Å². The molecule has 0 radical (unpaired) electrons. The molecule has 2 aromatic rings. The first-order valence-electron chi connectivity index (χ1n) is 6.77. The summed E-state index contributed by atoms with van der Waals surface area (Å²) >= 11 is 6.13. The summed E-state index contributed by atoms with van der Waals surface area (Å²) in [5, 5.41) is 0.217. The summed E-state index contributed by atoms with van der Waals surface area (Å²) in [6, 6.07) is 9.75. The van der Waals surface area contributed by atoms with Gasteiger partial charge in [0, 0.05) is 6.20 Å². The molecule has 0 saturated carbocycles. The zero-order chi connectivity index (χ0) is 16.3. The van der Waals surface area contributed by atoms with Crippen LogP contribution in [0, 0.1) is 5.41 Å². The van der Waals surface area contributed by atoms with Crippen molar-refractivity contribution in [2.45, 2.75) is 20.8 Å². The summed E-state index contributed by atoms with van der Waals surface area (Å²) in [7, 11) is 0. The van der Waals surface area contributed by atoms with Crippen LogP contribution in [0.4, 0.5) is 0 Å². The number of pyridine rings is 1. The van der Waals surface area contributed by atoms with Gasteiger partial charge in [0.2, 0.25) is 5.78 Å². The number of halogens is 1. The normalized spacial score (nSPS) is 11.1. The molecule has 4 nitrogen and oxygen atoms in total. The fourth-order valence-corrected chi connectivity index (χ4v) is 1.94. The third kappa shape index (κ3) is 3.52. The highest BCUT2D eigenvalue weighted by molar-refractivity contribution is 6.35. The third-order valence-electron chi connectivity index (χ3n) is 2.92. The summed E-state index contributed by atoms with van der Waals surface area (Å²) in [5.41, 5.74) is -0.308. The molecule has 2 rings (SSSR count). The Morgan fingerprint density at radius 3 is 2.41 bits per heavy atom. The standard InChI is InChI=1S/C17H16ClNO3/c1-17(2,3)16(21)22-13-9-6-7-11(18)14(13)15(20)12-8-4-5-10-19-12/h4-10H,1-3H3. The number of aromatic nitrogens is 1. The predicted molar refractivity (Wildman–Crippen MR) is 84.2 cm³/mol. The van der Waals surface area contributed by atoms with Crippen molar-refractivity contribution in [3.8, 4) is 5.75 Å². The highest BCUT2D eigenvalue weighted by Gasteiger charge is 2.27. The molecule has 0 unspecified atom stereocenters. The van der Waals surface area contributed by atoms with Gasteiger partial charge in [0.1, 0.15) is 11.4 Å². The van der Waals surface area contributed by atoms with Crippen LogP contribution in [0.1, 0.15) is 36.8 Å². The number of hydrogen-bond acceptors (Lipinski definition) is 4. The van der Waals surface area contributed by atoms with E-state index in [0.29, 0.717) is 0 Å². The van der Waals surface area contributed by atoms with Gasteiger partial charge in [0.25, 0.3) is 0 Å². The SMILES string of the molecule is CC(C)(C)C(=O)Oc1cccc(Cl)c1C(=O)c1ccccn1. The summed E-state index contributed by atoms with van der Waals surface area (Å²) in [6.45, 7) is 5.21. The van der Waals surface area contributed by atoms with E-state index in [1.165, 1.54) is 6.20 Å². The van der Waals surface area contributed by atoms with E-state index in [-0.39, 0.29) is 27.8 Å². The lowest BCUT2D eigenvalue weighted by Crippen LogP contribution is -2.26. The largest absolute Gasteiger partial charge is 0.425 e. The van der Waals surface area contributed by atoms with E-state index in [9.17, 15) is 9.59 Å². The highest BCUT2D eigenvalue weighted by atomic mass is 35.5. The molecule has 1 aromatic heterocycles. The maximum absolute atomic E-state index is 12.6. The number of rotatable bonds is 3. The van der Waals surface area contributed by atoms with Crippen LogP contribution in [0.15, 0.2) is 42.6 Å². The Hall–Kier alpha value is -2.20. The molecule has 5 heteroatoms. The predicted octanol–water partition coefficient (Wildman–Crippen LogP) is 3.92. The monoisotopic (exact) mass is 317 g/mol. The maximum atomic E-state index is 12.6. The zero-order valence-electron chi connectivity index (χ0n) is 12.6. The summed E-state index contributed by atoms with van der Waals surface area (Å²) in [4.78, 5) is 28.7. The Balaban J connectivity index is 2.44. The van der Waals surface area contributed by atoms with Crippen molar-refractivity contribution in [3.63, 3.8) is 0 Å². The van der Waals surface area contributed by atoms with E-state index in [2.05, 4.69) is 4.98 Å². The van der Waals surface area contributed by atoms with Crippen LogP contribution in [0.25, 0.3) is 0 Å². The molecule has 1 heterocycles. The molecular formula is C17H16ClNO3. The zero-order valence-corrected chi connectivity index (χ0v) is 13.3. The van der Waals surface area contributed by atoms with E-state index in [4.69, 9.17) is 16.3 Å². The Morgan fingerprint density at radius 2 is 1.82 bits per heavy atom. The molecule has 0 aliphatic heterocycles. The van der Waals surface area contributed by atoms with Gasteiger partial charge in [-0.05, 0) is 45.0 Å². The van der Waals surface area contributed by atoms with Crippen LogP contribution in [0.2, 0.25) is 5.02 Å². The van der Waals surface area contributed by atoms with Gasteiger partial charge in [0.15, 0.2) is 0 Å². The molecule has 114 valence electrons. The van der Waals surface area contributed by atoms with Gasteiger partial charge < -0.3 is 4.74 Å². The molecular weight excluding hydrogens is 302 g/mol. The molecule has 0 N–H and O–H groups in total. The average Bonchev–Trinajstić information content (AvgIpc) is 2.47. The summed E-state index contributed by atoms with van der Waals surface area (Å²) < 4.78 is 5.36. The van der Waals surface area contributed by atoms with Crippen molar-refractivity contribution in [3.05, 3.63) is 58.9 Å². The lowest BCUT2D eigenvalue weighted by atomic mass is 9.97. The second-order valence-electron chi connectivity index (χ2n) is 5.80. The van der Waals surface area contributed by atoms with Gasteiger partial charge >= 0.3 is 5.97 Å². The second kappa shape index (κ2) is 6.28. The van der Waals surface area contributed by atoms with Gasteiger partial charge in [-0.2, -0.15) is 0 Å². The van der Waals surface area contributed by atoms with Gasteiger partial charge in [-0.3, -0.25) is 14.6 Å². The number of carbonyl (C=O) groups is 2.